The topological polar surface area (TPSA) is 0 Å². The van der Waals surface area contributed by atoms with Gasteiger partial charge in [0.15, 0.2) is 0 Å². The Hall–Kier alpha value is -2.34. The number of hydrogen-bond donors (Lipinski definition) is 0. The van der Waals surface area contributed by atoms with Crippen molar-refractivity contribution < 1.29 is 0 Å². The van der Waals surface area contributed by atoms with Gasteiger partial charge in [-0.2, -0.15) is 0 Å². The third-order valence-corrected chi connectivity index (χ3v) is 4.60. The first-order chi connectivity index (χ1) is 10.8. The van der Waals surface area contributed by atoms with Crippen molar-refractivity contribution in [2.75, 3.05) is 0 Å². The summed E-state index contributed by atoms with van der Waals surface area (Å²) in [6, 6.07) is 21.8. The third kappa shape index (κ3) is 2.35. The average Bonchev–Trinajstić information content (AvgIpc) is 2.55. The molecule has 0 heterocycles. The molecular formula is C22H19. The molecule has 1 unspecified atom stereocenters. The molecule has 1 atom stereocenters. The van der Waals surface area contributed by atoms with Crippen molar-refractivity contribution in [2.45, 2.75) is 13.3 Å². The zero-order valence-electron chi connectivity index (χ0n) is 12.8. The summed E-state index contributed by atoms with van der Waals surface area (Å²) in [7, 11) is 0. The van der Waals surface area contributed by atoms with Crippen molar-refractivity contribution >= 4 is 16.8 Å². The molecule has 4 rings (SSSR count). The van der Waals surface area contributed by atoms with E-state index in [0.29, 0.717) is 5.92 Å². The highest BCUT2D eigenvalue weighted by molar-refractivity contribution is 5.85. The lowest BCUT2D eigenvalue weighted by atomic mass is 9.83. The summed E-state index contributed by atoms with van der Waals surface area (Å²) < 4.78 is 0. The van der Waals surface area contributed by atoms with Crippen molar-refractivity contribution in [1.29, 1.82) is 0 Å². The van der Waals surface area contributed by atoms with Crippen LogP contribution < -0.4 is 0 Å². The van der Waals surface area contributed by atoms with E-state index in [-0.39, 0.29) is 0 Å². The van der Waals surface area contributed by atoms with Crippen LogP contribution in [0.2, 0.25) is 0 Å². The van der Waals surface area contributed by atoms with Crippen LogP contribution in [0.1, 0.15) is 22.3 Å². The van der Waals surface area contributed by atoms with Crippen LogP contribution in [0.5, 0.6) is 0 Å². The molecule has 0 saturated heterocycles. The minimum atomic E-state index is 0.472. The lowest BCUT2D eigenvalue weighted by molar-refractivity contribution is 0.759. The molecule has 107 valence electrons. The van der Waals surface area contributed by atoms with Crippen molar-refractivity contribution in [1.82, 2.24) is 0 Å². The molecule has 0 aromatic heterocycles. The Morgan fingerprint density at radius 2 is 1.68 bits per heavy atom. The van der Waals surface area contributed by atoms with Gasteiger partial charge in [-0.1, -0.05) is 72.8 Å². The van der Waals surface area contributed by atoms with Crippen molar-refractivity contribution in [3.05, 3.63) is 95.4 Å². The van der Waals surface area contributed by atoms with E-state index >= 15 is 0 Å². The zero-order valence-corrected chi connectivity index (χ0v) is 12.8. The van der Waals surface area contributed by atoms with Gasteiger partial charge in [0.2, 0.25) is 0 Å². The molecule has 0 spiro atoms. The van der Waals surface area contributed by atoms with E-state index in [4.69, 9.17) is 0 Å². The van der Waals surface area contributed by atoms with Gasteiger partial charge in [-0.05, 0) is 58.7 Å². The highest BCUT2D eigenvalue weighted by Gasteiger charge is 2.16. The summed E-state index contributed by atoms with van der Waals surface area (Å²) >= 11 is 0. The zero-order chi connectivity index (χ0) is 14.9. The number of allylic oxidation sites excluding steroid dienone is 1. The Bertz CT molecular complexity index is 850. The summed E-state index contributed by atoms with van der Waals surface area (Å²) in [4.78, 5) is 0. The Balaban J connectivity index is 1.65. The summed E-state index contributed by atoms with van der Waals surface area (Å²) in [5.41, 5.74) is 5.53. The minimum absolute atomic E-state index is 0.472. The van der Waals surface area contributed by atoms with Crippen LogP contribution in [0.15, 0.2) is 66.7 Å². The maximum atomic E-state index is 2.41. The second kappa shape index (κ2) is 5.46. The normalized spacial score (nSPS) is 16.7. The van der Waals surface area contributed by atoms with E-state index in [9.17, 15) is 0 Å². The molecule has 0 nitrogen and oxygen atoms in total. The van der Waals surface area contributed by atoms with Gasteiger partial charge < -0.3 is 0 Å². The van der Waals surface area contributed by atoms with Crippen LogP contribution in [0.25, 0.3) is 16.8 Å². The first-order valence-corrected chi connectivity index (χ1v) is 7.90. The number of fused-ring (bicyclic) bond motifs is 2. The highest BCUT2D eigenvalue weighted by Crippen LogP contribution is 2.30. The van der Waals surface area contributed by atoms with Crippen LogP contribution in [0.3, 0.4) is 0 Å². The van der Waals surface area contributed by atoms with Crippen LogP contribution in [-0.2, 0) is 6.42 Å². The first-order valence-electron chi connectivity index (χ1n) is 7.90. The van der Waals surface area contributed by atoms with E-state index in [1.54, 1.807) is 0 Å². The van der Waals surface area contributed by atoms with E-state index in [1.807, 2.05) is 0 Å². The van der Waals surface area contributed by atoms with Gasteiger partial charge in [-0.15, -0.1) is 0 Å². The molecule has 0 N–H and O–H groups in total. The molecule has 0 saturated carbocycles. The van der Waals surface area contributed by atoms with Crippen LogP contribution in [0, 0.1) is 19.3 Å². The van der Waals surface area contributed by atoms with Crippen molar-refractivity contribution in [3.8, 4) is 0 Å². The van der Waals surface area contributed by atoms with Gasteiger partial charge in [-0.3, -0.25) is 0 Å². The number of rotatable bonds is 2. The number of benzene rings is 3. The monoisotopic (exact) mass is 283 g/mol. The largest absolute Gasteiger partial charge is 0.0798 e. The molecule has 0 heteroatoms. The molecule has 1 radical (unpaired) electrons. The predicted molar refractivity (Wildman–Crippen MR) is 94.8 cm³/mol. The second-order valence-corrected chi connectivity index (χ2v) is 6.11. The average molecular weight is 283 g/mol. The Morgan fingerprint density at radius 1 is 0.864 bits per heavy atom. The lowest BCUT2D eigenvalue weighted by Gasteiger charge is -2.21. The fourth-order valence-electron chi connectivity index (χ4n) is 3.43. The molecule has 1 aliphatic rings. The van der Waals surface area contributed by atoms with Gasteiger partial charge in [0.1, 0.15) is 0 Å². The van der Waals surface area contributed by atoms with E-state index in [1.165, 1.54) is 33.0 Å². The molecule has 0 aliphatic heterocycles. The summed E-state index contributed by atoms with van der Waals surface area (Å²) in [5, 5.41) is 2.71. The molecule has 0 fully saturated rings. The summed E-state index contributed by atoms with van der Waals surface area (Å²) in [6.07, 6.45) is 8.10. The third-order valence-electron chi connectivity index (χ3n) is 4.60. The van der Waals surface area contributed by atoms with Crippen LogP contribution in [-0.4, -0.2) is 0 Å². The maximum Gasteiger partial charge on any atom is -0.00148 e. The van der Waals surface area contributed by atoms with Gasteiger partial charge in [0.05, 0.1) is 0 Å². The molecule has 3 aromatic rings. The SMILES string of the molecule is Cc1cccc2c1C=CC(Cc1cccc3ccccc13)[CH]2. The van der Waals surface area contributed by atoms with Crippen molar-refractivity contribution in [2.24, 2.45) is 5.92 Å². The van der Waals surface area contributed by atoms with Gasteiger partial charge in [0.25, 0.3) is 0 Å². The van der Waals surface area contributed by atoms with Gasteiger partial charge >= 0.3 is 0 Å². The lowest BCUT2D eigenvalue weighted by Crippen LogP contribution is -2.09. The fraction of sp³-hybridized carbons (Fsp3) is 0.136. The smallest absolute Gasteiger partial charge is 0.00148 e. The van der Waals surface area contributed by atoms with Gasteiger partial charge in [-0.25, -0.2) is 0 Å². The molecular weight excluding hydrogens is 264 g/mol. The summed E-state index contributed by atoms with van der Waals surface area (Å²) in [5.74, 6) is 0.472. The van der Waals surface area contributed by atoms with E-state index in [2.05, 4.69) is 86.2 Å². The summed E-state index contributed by atoms with van der Waals surface area (Å²) in [6.45, 7) is 2.18. The Morgan fingerprint density at radius 3 is 2.64 bits per heavy atom. The molecule has 1 aliphatic carbocycles. The maximum absolute atomic E-state index is 2.41. The molecule has 0 amide bonds. The van der Waals surface area contributed by atoms with E-state index < -0.39 is 0 Å². The minimum Gasteiger partial charge on any atom is -0.0798 e. The Kier molecular flexibility index (Phi) is 3.31. The first kappa shape index (κ1) is 13.3. The predicted octanol–water partition coefficient (Wildman–Crippen LogP) is 5.59. The molecule has 3 aromatic carbocycles. The molecule has 22 heavy (non-hydrogen) atoms. The van der Waals surface area contributed by atoms with Crippen LogP contribution in [0.4, 0.5) is 0 Å². The van der Waals surface area contributed by atoms with E-state index in [0.717, 1.165) is 6.42 Å². The number of hydrogen-bond acceptors (Lipinski definition) is 0. The number of aryl methyl sites for hydroxylation is 1. The van der Waals surface area contributed by atoms with Crippen molar-refractivity contribution in [3.63, 3.8) is 0 Å². The Labute approximate surface area is 132 Å². The van der Waals surface area contributed by atoms with Gasteiger partial charge in [0, 0.05) is 0 Å². The second-order valence-electron chi connectivity index (χ2n) is 6.11. The fourth-order valence-corrected chi connectivity index (χ4v) is 3.43. The standard InChI is InChI=1S/C22H19/c1-16-6-4-9-19-14-17(12-13-21(16)19)15-20-10-5-8-18-7-2-3-11-22(18)20/h2-14,17H,15H2,1H3. The molecule has 0 bridgehead atoms. The van der Waals surface area contributed by atoms with Crippen LogP contribution >= 0.6 is 0 Å². The quantitative estimate of drug-likeness (QED) is 0.575. The highest BCUT2D eigenvalue weighted by atomic mass is 14.2.